The Bertz CT molecular complexity index is 1810. The number of nitrogens with zero attached hydrogens (tertiary/aromatic N) is 2. The normalized spacial score (nSPS) is 12.7. The van der Waals surface area contributed by atoms with Crippen LogP contribution in [0.25, 0.3) is 54.5 Å². The molecule has 178 valence electrons. The lowest BCUT2D eigenvalue weighted by atomic mass is 9.82. The summed E-state index contributed by atoms with van der Waals surface area (Å²) in [6.45, 7) is 6.41. The molecule has 6 aromatic rings. The Morgan fingerprint density at radius 3 is 2.03 bits per heavy atom. The number of aromatic nitrogens is 2. The van der Waals surface area contributed by atoms with Gasteiger partial charge in [0.1, 0.15) is 6.33 Å². The molecule has 5 aromatic carbocycles. The van der Waals surface area contributed by atoms with Crippen molar-refractivity contribution in [2.24, 2.45) is 0 Å². The Balaban J connectivity index is 1.78. The first-order chi connectivity index (χ1) is 17.1. The predicted molar refractivity (Wildman–Crippen MR) is 141 cm³/mol. The van der Waals surface area contributed by atoms with E-state index in [1.54, 1.807) is 12.1 Å². The molecule has 2 nitrogen and oxygen atoms in total. The van der Waals surface area contributed by atoms with Crippen LogP contribution >= 0.6 is 0 Å². The van der Waals surface area contributed by atoms with Gasteiger partial charge in [-0.25, -0.2) is 9.97 Å². The molecule has 0 aliphatic rings. The fourth-order valence-corrected chi connectivity index (χ4v) is 5.26. The van der Waals surface area contributed by atoms with Gasteiger partial charge in [0, 0.05) is 10.9 Å². The van der Waals surface area contributed by atoms with Crippen molar-refractivity contribution in [3.63, 3.8) is 0 Å². The Morgan fingerprint density at radius 1 is 0.611 bits per heavy atom. The molecule has 36 heavy (non-hydrogen) atoms. The molecular formula is C31H23F3N2. The third-order valence-electron chi connectivity index (χ3n) is 6.88. The highest BCUT2D eigenvalue weighted by molar-refractivity contribution is 6.15. The smallest absolute Gasteiger partial charge is 0.236 e. The van der Waals surface area contributed by atoms with E-state index in [2.05, 4.69) is 42.9 Å². The highest BCUT2D eigenvalue weighted by Crippen LogP contribution is 2.44. The van der Waals surface area contributed by atoms with E-state index < -0.39 is 11.7 Å². The number of benzene rings is 5. The van der Waals surface area contributed by atoms with Crippen molar-refractivity contribution in [1.29, 1.82) is 0 Å². The number of rotatable bonds is 1. The van der Waals surface area contributed by atoms with Gasteiger partial charge in [-0.1, -0.05) is 81.4 Å². The lowest BCUT2D eigenvalue weighted by molar-refractivity contribution is -0.135. The molecule has 5 heteroatoms. The van der Waals surface area contributed by atoms with Crippen LogP contribution in [0.3, 0.4) is 0 Å². The molecule has 0 saturated carbocycles. The van der Waals surface area contributed by atoms with E-state index in [9.17, 15) is 13.2 Å². The van der Waals surface area contributed by atoms with Crippen LogP contribution in [0.4, 0.5) is 13.2 Å². The van der Waals surface area contributed by atoms with Crippen LogP contribution in [-0.2, 0) is 11.6 Å². The second-order valence-electron chi connectivity index (χ2n) is 10.2. The van der Waals surface area contributed by atoms with Crippen LogP contribution in [0.2, 0.25) is 0 Å². The summed E-state index contributed by atoms with van der Waals surface area (Å²) in [5.41, 5.74) is 1.42. The van der Waals surface area contributed by atoms with Gasteiger partial charge in [0.05, 0.1) is 16.8 Å². The van der Waals surface area contributed by atoms with E-state index in [1.807, 2.05) is 54.6 Å². The maximum atomic E-state index is 14.6. The molecule has 0 N–H and O–H groups in total. The number of hydrogen-bond donors (Lipinski definition) is 0. The molecule has 0 spiro atoms. The molecule has 1 aromatic heterocycles. The summed E-state index contributed by atoms with van der Waals surface area (Å²) in [7, 11) is 0. The zero-order valence-electron chi connectivity index (χ0n) is 20.1. The minimum Gasteiger partial charge on any atom is -0.236 e. The lowest BCUT2D eigenvalue weighted by Crippen LogP contribution is -2.12. The first-order valence-corrected chi connectivity index (χ1v) is 11.8. The van der Waals surface area contributed by atoms with Crippen LogP contribution < -0.4 is 0 Å². The molecule has 0 radical (unpaired) electrons. The standard InChI is InChI=1S/C31H23F3N2/c1-30(2,3)26-15-20(14-19-9-5-7-11-22(19)26)28-25-16-24-21-10-6-4-8-18(21)12-13-23(24)27(31(32,33)34)29(25)36-17-35-28/h4-17H,1-3H3. The molecule has 0 aliphatic carbocycles. The number of alkyl halides is 3. The van der Waals surface area contributed by atoms with Crippen molar-refractivity contribution in [3.05, 3.63) is 96.3 Å². The summed E-state index contributed by atoms with van der Waals surface area (Å²) in [5, 5.41) is 4.88. The van der Waals surface area contributed by atoms with Gasteiger partial charge in [-0.3, -0.25) is 0 Å². The van der Waals surface area contributed by atoms with Crippen molar-refractivity contribution in [2.75, 3.05) is 0 Å². The van der Waals surface area contributed by atoms with Crippen LogP contribution in [0, 0.1) is 0 Å². The van der Waals surface area contributed by atoms with Gasteiger partial charge in [-0.15, -0.1) is 0 Å². The second kappa shape index (κ2) is 7.76. The number of halogens is 3. The van der Waals surface area contributed by atoms with E-state index in [0.717, 1.165) is 32.7 Å². The highest BCUT2D eigenvalue weighted by atomic mass is 19.4. The van der Waals surface area contributed by atoms with E-state index >= 15 is 0 Å². The van der Waals surface area contributed by atoms with Crippen LogP contribution in [-0.4, -0.2) is 9.97 Å². The maximum Gasteiger partial charge on any atom is 0.419 e. The van der Waals surface area contributed by atoms with E-state index in [-0.39, 0.29) is 16.3 Å². The molecule has 0 amide bonds. The van der Waals surface area contributed by atoms with Gasteiger partial charge in [-0.2, -0.15) is 13.2 Å². The third kappa shape index (κ3) is 3.49. The topological polar surface area (TPSA) is 25.8 Å². The average Bonchev–Trinajstić information content (AvgIpc) is 2.85. The van der Waals surface area contributed by atoms with Gasteiger partial charge < -0.3 is 0 Å². The van der Waals surface area contributed by atoms with Crippen LogP contribution in [0.1, 0.15) is 31.9 Å². The van der Waals surface area contributed by atoms with E-state index in [0.29, 0.717) is 16.5 Å². The van der Waals surface area contributed by atoms with Crippen molar-refractivity contribution < 1.29 is 13.2 Å². The zero-order valence-corrected chi connectivity index (χ0v) is 20.1. The van der Waals surface area contributed by atoms with Gasteiger partial charge in [0.25, 0.3) is 0 Å². The quantitative estimate of drug-likeness (QED) is 0.173. The maximum absolute atomic E-state index is 14.6. The number of hydrogen-bond acceptors (Lipinski definition) is 2. The first-order valence-electron chi connectivity index (χ1n) is 11.8. The van der Waals surface area contributed by atoms with Gasteiger partial charge in [0.15, 0.2) is 0 Å². The largest absolute Gasteiger partial charge is 0.419 e. The Labute approximate surface area is 206 Å². The minimum absolute atomic E-state index is 0.0826. The molecule has 0 saturated heterocycles. The first kappa shape index (κ1) is 22.5. The predicted octanol–water partition coefficient (Wildman–Crippen LogP) is 9.07. The van der Waals surface area contributed by atoms with Crippen molar-refractivity contribution in [2.45, 2.75) is 32.4 Å². The Hall–Kier alpha value is -3.99. The summed E-state index contributed by atoms with van der Waals surface area (Å²) in [6.07, 6.45) is -3.34. The van der Waals surface area contributed by atoms with Gasteiger partial charge in [-0.05, 0) is 61.5 Å². The lowest BCUT2D eigenvalue weighted by Gasteiger charge is -2.23. The van der Waals surface area contributed by atoms with Crippen molar-refractivity contribution in [3.8, 4) is 11.3 Å². The molecule has 6 rings (SSSR count). The molecule has 0 aliphatic heterocycles. The highest BCUT2D eigenvalue weighted by Gasteiger charge is 2.36. The molecule has 0 fully saturated rings. The molecular weight excluding hydrogens is 457 g/mol. The Morgan fingerprint density at radius 2 is 1.31 bits per heavy atom. The summed E-state index contributed by atoms with van der Waals surface area (Å²) >= 11 is 0. The van der Waals surface area contributed by atoms with Crippen molar-refractivity contribution >= 4 is 43.2 Å². The van der Waals surface area contributed by atoms with Crippen molar-refractivity contribution in [1.82, 2.24) is 9.97 Å². The Kier molecular flexibility index (Phi) is 4.84. The summed E-state index contributed by atoms with van der Waals surface area (Å²) in [5.74, 6) is 0. The van der Waals surface area contributed by atoms with Gasteiger partial charge >= 0.3 is 6.18 Å². The number of fused-ring (bicyclic) bond motifs is 5. The molecule has 0 unspecified atom stereocenters. The fraction of sp³-hybridized carbons (Fsp3) is 0.161. The van der Waals surface area contributed by atoms with Crippen LogP contribution in [0.15, 0.2) is 85.2 Å². The average molecular weight is 481 g/mol. The minimum atomic E-state index is -4.58. The monoisotopic (exact) mass is 480 g/mol. The SMILES string of the molecule is CC(C)(C)c1cc(-c2ncnc3c(C(F)(F)F)c4ccc5ccccc5c4cc23)cc2ccccc12. The summed E-state index contributed by atoms with van der Waals surface area (Å²) < 4.78 is 43.7. The van der Waals surface area contributed by atoms with Crippen LogP contribution in [0.5, 0.6) is 0 Å². The third-order valence-corrected chi connectivity index (χ3v) is 6.88. The zero-order chi connectivity index (χ0) is 25.2. The molecule has 1 heterocycles. The second-order valence-corrected chi connectivity index (χ2v) is 10.2. The summed E-state index contributed by atoms with van der Waals surface area (Å²) in [6, 6.07) is 24.8. The fourth-order valence-electron chi connectivity index (χ4n) is 5.26. The van der Waals surface area contributed by atoms with E-state index in [4.69, 9.17) is 0 Å². The van der Waals surface area contributed by atoms with E-state index in [1.165, 1.54) is 6.33 Å². The summed E-state index contributed by atoms with van der Waals surface area (Å²) in [4.78, 5) is 8.71. The molecule has 0 atom stereocenters. The molecule has 0 bridgehead atoms. The van der Waals surface area contributed by atoms with Gasteiger partial charge in [0.2, 0.25) is 0 Å².